The lowest BCUT2D eigenvalue weighted by atomic mass is 9.97. The second-order valence-electron chi connectivity index (χ2n) is 8.29. The molecule has 4 aromatic carbocycles. The van der Waals surface area contributed by atoms with Gasteiger partial charge in [0, 0.05) is 6.07 Å². The molecule has 0 aliphatic rings. The maximum absolute atomic E-state index is 13.5. The molecule has 0 aliphatic heterocycles. The summed E-state index contributed by atoms with van der Waals surface area (Å²) in [6.45, 7) is 7.51. The third-order valence-electron chi connectivity index (χ3n) is 5.63. The minimum atomic E-state index is -4.96. The summed E-state index contributed by atoms with van der Waals surface area (Å²) in [6.07, 6.45) is -8.40. The molecule has 0 aliphatic carbocycles. The molecule has 0 atom stereocenters. The standard InChI is InChI=1S/C29H15F8N/c1-38-27(10-17-2-4-18(5-3-17)22-13-25(30)16-26(31)14-22)20-8-6-19(7-9-20)21-11-23(28(32,33)34)15-24(12-21)29(35,36)37/h2-16H. The fraction of sp³-hybridized carbons (Fsp3) is 0.0690. The van der Waals surface area contributed by atoms with Crippen molar-refractivity contribution in [3.63, 3.8) is 0 Å². The summed E-state index contributed by atoms with van der Waals surface area (Å²) in [4.78, 5) is 3.47. The van der Waals surface area contributed by atoms with Gasteiger partial charge in [-0.3, -0.25) is 0 Å². The highest BCUT2D eigenvalue weighted by Crippen LogP contribution is 2.39. The molecular formula is C29H15F8N. The van der Waals surface area contributed by atoms with Crippen molar-refractivity contribution in [1.82, 2.24) is 0 Å². The van der Waals surface area contributed by atoms with Crippen LogP contribution in [0.25, 0.3) is 38.9 Å². The normalized spacial score (nSPS) is 12.3. The van der Waals surface area contributed by atoms with Crippen LogP contribution in [-0.4, -0.2) is 0 Å². The van der Waals surface area contributed by atoms with E-state index in [1.54, 1.807) is 24.3 Å². The van der Waals surface area contributed by atoms with Crippen molar-refractivity contribution < 1.29 is 35.1 Å². The average molecular weight is 529 g/mol. The molecule has 0 radical (unpaired) electrons. The Kier molecular flexibility index (Phi) is 7.09. The smallest absolute Gasteiger partial charge is 0.238 e. The van der Waals surface area contributed by atoms with E-state index >= 15 is 0 Å². The molecule has 0 spiro atoms. The number of hydrogen-bond acceptors (Lipinski definition) is 0. The molecule has 4 aromatic rings. The molecule has 0 N–H and O–H groups in total. The highest BCUT2D eigenvalue weighted by atomic mass is 19.4. The topological polar surface area (TPSA) is 4.36 Å². The Morgan fingerprint density at radius 2 is 1.03 bits per heavy atom. The van der Waals surface area contributed by atoms with Gasteiger partial charge in [-0.1, -0.05) is 48.5 Å². The first kappa shape index (κ1) is 26.6. The first-order valence-electron chi connectivity index (χ1n) is 10.9. The Morgan fingerprint density at radius 3 is 1.47 bits per heavy atom. The zero-order valence-electron chi connectivity index (χ0n) is 19.1. The number of halogens is 8. The molecule has 0 saturated carbocycles. The highest BCUT2D eigenvalue weighted by Gasteiger charge is 2.37. The molecule has 0 saturated heterocycles. The molecule has 0 amide bonds. The van der Waals surface area contributed by atoms with E-state index in [1.165, 1.54) is 42.5 Å². The number of rotatable bonds is 4. The summed E-state index contributed by atoms with van der Waals surface area (Å²) >= 11 is 0. The van der Waals surface area contributed by atoms with Crippen LogP contribution in [0.15, 0.2) is 84.9 Å². The van der Waals surface area contributed by atoms with Crippen LogP contribution < -0.4 is 0 Å². The molecule has 0 aromatic heterocycles. The van der Waals surface area contributed by atoms with E-state index in [9.17, 15) is 35.1 Å². The van der Waals surface area contributed by atoms with Gasteiger partial charge in [0.25, 0.3) is 0 Å². The van der Waals surface area contributed by atoms with Crippen molar-refractivity contribution in [1.29, 1.82) is 0 Å². The first-order valence-corrected chi connectivity index (χ1v) is 10.9. The molecule has 0 bridgehead atoms. The molecule has 192 valence electrons. The first-order chi connectivity index (χ1) is 17.8. The van der Waals surface area contributed by atoms with Crippen LogP contribution >= 0.6 is 0 Å². The van der Waals surface area contributed by atoms with Gasteiger partial charge in [0.2, 0.25) is 0 Å². The number of hydrogen-bond donors (Lipinski definition) is 0. The van der Waals surface area contributed by atoms with Crippen LogP contribution in [0.5, 0.6) is 0 Å². The van der Waals surface area contributed by atoms with Gasteiger partial charge in [0.15, 0.2) is 5.70 Å². The molecule has 0 unspecified atom stereocenters. The van der Waals surface area contributed by atoms with Gasteiger partial charge < -0.3 is 0 Å². The average Bonchev–Trinajstić information content (AvgIpc) is 2.86. The zero-order valence-corrected chi connectivity index (χ0v) is 19.1. The van der Waals surface area contributed by atoms with E-state index < -0.39 is 35.1 Å². The van der Waals surface area contributed by atoms with Gasteiger partial charge in [0.1, 0.15) is 11.6 Å². The van der Waals surface area contributed by atoms with Crippen LogP contribution in [0.1, 0.15) is 22.3 Å². The predicted octanol–water partition coefficient (Wildman–Crippen LogP) is 9.75. The van der Waals surface area contributed by atoms with Crippen molar-refractivity contribution in [3.8, 4) is 22.3 Å². The van der Waals surface area contributed by atoms with E-state index in [-0.39, 0.29) is 22.9 Å². The monoisotopic (exact) mass is 529 g/mol. The molecule has 1 nitrogen and oxygen atoms in total. The lowest BCUT2D eigenvalue weighted by Gasteiger charge is -2.14. The molecule has 0 fully saturated rings. The quantitative estimate of drug-likeness (QED) is 0.141. The Hall–Kier alpha value is -4.45. The van der Waals surface area contributed by atoms with Crippen molar-refractivity contribution in [3.05, 3.63) is 130 Å². The van der Waals surface area contributed by atoms with Gasteiger partial charge in [-0.2, -0.15) is 26.3 Å². The fourth-order valence-electron chi connectivity index (χ4n) is 3.79. The highest BCUT2D eigenvalue weighted by molar-refractivity contribution is 5.86. The van der Waals surface area contributed by atoms with Gasteiger partial charge in [-0.05, 0) is 69.8 Å². The van der Waals surface area contributed by atoms with Gasteiger partial charge in [0.05, 0.1) is 17.7 Å². The van der Waals surface area contributed by atoms with Crippen molar-refractivity contribution in [2.45, 2.75) is 12.4 Å². The van der Waals surface area contributed by atoms with Gasteiger partial charge in [-0.25, -0.2) is 13.6 Å². The molecule has 9 heteroatoms. The lowest BCUT2D eigenvalue weighted by molar-refractivity contribution is -0.143. The van der Waals surface area contributed by atoms with Gasteiger partial charge >= 0.3 is 12.4 Å². The summed E-state index contributed by atoms with van der Waals surface area (Å²) in [5.41, 5.74) is -0.957. The van der Waals surface area contributed by atoms with E-state index in [4.69, 9.17) is 6.57 Å². The largest absolute Gasteiger partial charge is 0.416 e. The van der Waals surface area contributed by atoms with E-state index in [0.29, 0.717) is 34.4 Å². The van der Waals surface area contributed by atoms with E-state index in [1.807, 2.05) is 0 Å². The summed E-state index contributed by atoms with van der Waals surface area (Å²) in [5.74, 6) is -1.44. The maximum atomic E-state index is 13.5. The van der Waals surface area contributed by atoms with Crippen LogP contribution in [0.2, 0.25) is 0 Å². The number of benzene rings is 4. The number of alkyl halides is 6. The maximum Gasteiger partial charge on any atom is 0.416 e. The van der Waals surface area contributed by atoms with E-state index in [2.05, 4.69) is 4.85 Å². The third-order valence-corrected chi connectivity index (χ3v) is 5.63. The van der Waals surface area contributed by atoms with Crippen LogP contribution in [-0.2, 0) is 12.4 Å². The summed E-state index contributed by atoms with van der Waals surface area (Å²) in [7, 11) is 0. The second kappa shape index (κ2) is 10.1. The van der Waals surface area contributed by atoms with Crippen LogP contribution in [0, 0.1) is 18.2 Å². The second-order valence-corrected chi connectivity index (χ2v) is 8.29. The number of nitrogens with zero attached hydrogens (tertiary/aromatic N) is 1. The van der Waals surface area contributed by atoms with Crippen LogP contribution in [0.3, 0.4) is 0 Å². The molecule has 0 heterocycles. The van der Waals surface area contributed by atoms with Crippen LogP contribution in [0.4, 0.5) is 35.1 Å². The minimum Gasteiger partial charge on any atom is -0.238 e. The molecular weight excluding hydrogens is 514 g/mol. The predicted molar refractivity (Wildman–Crippen MR) is 128 cm³/mol. The molecule has 38 heavy (non-hydrogen) atoms. The lowest BCUT2D eigenvalue weighted by Crippen LogP contribution is -2.11. The fourth-order valence-corrected chi connectivity index (χ4v) is 3.79. The summed E-state index contributed by atoms with van der Waals surface area (Å²) in [5, 5.41) is 0. The Bertz CT molecular complexity index is 1490. The molecule has 4 rings (SSSR count). The van der Waals surface area contributed by atoms with Crippen molar-refractivity contribution in [2.75, 3.05) is 0 Å². The Balaban J connectivity index is 1.63. The summed E-state index contributed by atoms with van der Waals surface area (Å²) in [6, 6.07) is 16.5. The zero-order chi connectivity index (χ0) is 27.7. The van der Waals surface area contributed by atoms with Gasteiger partial charge in [-0.15, -0.1) is 0 Å². The van der Waals surface area contributed by atoms with Crippen molar-refractivity contribution in [2.24, 2.45) is 0 Å². The SMILES string of the molecule is [C-]#[N+]C(=Cc1ccc(-c2cc(F)cc(F)c2)cc1)c1ccc(-c2cc(C(F)(F)F)cc(C(F)(F)F)c2)cc1. The Labute approximate surface area is 212 Å². The Morgan fingerprint density at radius 1 is 0.579 bits per heavy atom. The van der Waals surface area contributed by atoms with Crippen molar-refractivity contribution >= 4 is 11.8 Å². The summed E-state index contributed by atoms with van der Waals surface area (Å²) < 4.78 is 106. The third kappa shape index (κ3) is 6.09. The minimum absolute atomic E-state index is 0.0632. The van der Waals surface area contributed by atoms with E-state index in [0.717, 1.165) is 6.07 Å².